The Bertz CT molecular complexity index is 641. The van der Waals surface area contributed by atoms with Crippen molar-refractivity contribution in [3.05, 3.63) is 27.8 Å². The standard InChI is InChI=1S/C13H21N3O4S/c1-5-11(8(2)3)15-21(19,20)13-7-12(16(17)18)10(14)6-9(13)4/h6-8,11,15H,5,14H2,1-4H3. The van der Waals surface area contributed by atoms with E-state index in [1.807, 2.05) is 20.8 Å². The molecule has 8 heteroatoms. The molecule has 0 heterocycles. The Balaban J connectivity index is 3.31. The molecular formula is C13H21N3O4S. The summed E-state index contributed by atoms with van der Waals surface area (Å²) in [7, 11) is -3.83. The number of rotatable bonds is 6. The van der Waals surface area contributed by atoms with Crippen molar-refractivity contribution in [1.29, 1.82) is 0 Å². The molecule has 0 amide bonds. The van der Waals surface area contributed by atoms with E-state index in [2.05, 4.69) is 4.72 Å². The van der Waals surface area contributed by atoms with E-state index < -0.39 is 20.6 Å². The van der Waals surface area contributed by atoms with Gasteiger partial charge in [-0.25, -0.2) is 13.1 Å². The molecule has 0 radical (unpaired) electrons. The molecule has 0 aliphatic rings. The Morgan fingerprint density at radius 2 is 1.95 bits per heavy atom. The number of nitrogen functional groups attached to an aromatic ring is 1. The second kappa shape index (κ2) is 6.40. The summed E-state index contributed by atoms with van der Waals surface area (Å²) in [5.41, 5.74) is 5.48. The van der Waals surface area contributed by atoms with E-state index in [0.717, 1.165) is 6.07 Å². The third kappa shape index (κ3) is 3.92. The fourth-order valence-electron chi connectivity index (χ4n) is 2.10. The van der Waals surface area contributed by atoms with Crippen LogP contribution in [0.25, 0.3) is 0 Å². The highest BCUT2D eigenvalue weighted by Crippen LogP contribution is 2.28. The smallest absolute Gasteiger partial charge is 0.293 e. The minimum Gasteiger partial charge on any atom is -0.393 e. The molecule has 0 saturated heterocycles. The van der Waals surface area contributed by atoms with Crippen LogP contribution in [0.1, 0.15) is 32.8 Å². The SMILES string of the molecule is CCC(NS(=O)(=O)c1cc([N+](=O)[O-])c(N)cc1C)C(C)C. The van der Waals surface area contributed by atoms with Crippen molar-refractivity contribution in [2.45, 2.75) is 45.1 Å². The zero-order chi connectivity index (χ0) is 16.4. The van der Waals surface area contributed by atoms with Crippen molar-refractivity contribution < 1.29 is 13.3 Å². The third-order valence-corrected chi connectivity index (χ3v) is 4.99. The van der Waals surface area contributed by atoms with Gasteiger partial charge in [0.15, 0.2) is 0 Å². The first-order chi connectivity index (χ1) is 9.60. The summed E-state index contributed by atoms with van der Waals surface area (Å²) >= 11 is 0. The average molecular weight is 315 g/mol. The lowest BCUT2D eigenvalue weighted by Crippen LogP contribution is -2.38. The Labute approximate surface area is 124 Å². The first-order valence-corrected chi connectivity index (χ1v) is 8.15. The lowest BCUT2D eigenvalue weighted by Gasteiger charge is -2.21. The predicted octanol–water partition coefficient (Wildman–Crippen LogP) is 2.20. The van der Waals surface area contributed by atoms with Crippen LogP contribution in [-0.2, 0) is 10.0 Å². The number of benzene rings is 1. The van der Waals surface area contributed by atoms with Crippen LogP contribution < -0.4 is 10.5 Å². The number of nitrogens with one attached hydrogen (secondary N) is 1. The molecular weight excluding hydrogens is 294 g/mol. The van der Waals surface area contributed by atoms with Gasteiger partial charge in [-0.2, -0.15) is 0 Å². The molecule has 0 aliphatic carbocycles. The number of hydrogen-bond acceptors (Lipinski definition) is 5. The molecule has 0 saturated carbocycles. The van der Waals surface area contributed by atoms with E-state index in [0.29, 0.717) is 12.0 Å². The number of nitro benzene ring substituents is 1. The van der Waals surface area contributed by atoms with Gasteiger partial charge in [0.2, 0.25) is 10.0 Å². The molecule has 0 aromatic heterocycles. The molecule has 21 heavy (non-hydrogen) atoms. The molecule has 1 atom stereocenters. The molecule has 1 aromatic carbocycles. The summed E-state index contributed by atoms with van der Waals surface area (Å²) < 4.78 is 27.5. The zero-order valence-electron chi connectivity index (χ0n) is 12.6. The largest absolute Gasteiger partial charge is 0.393 e. The molecule has 0 spiro atoms. The highest BCUT2D eigenvalue weighted by Gasteiger charge is 2.26. The second-order valence-electron chi connectivity index (χ2n) is 5.31. The summed E-state index contributed by atoms with van der Waals surface area (Å²) in [5.74, 6) is 0.119. The molecule has 1 unspecified atom stereocenters. The van der Waals surface area contributed by atoms with Gasteiger partial charge in [0.05, 0.1) is 9.82 Å². The van der Waals surface area contributed by atoms with E-state index in [1.54, 1.807) is 6.92 Å². The molecule has 0 fully saturated rings. The molecule has 0 aliphatic heterocycles. The van der Waals surface area contributed by atoms with Crippen LogP contribution in [0.15, 0.2) is 17.0 Å². The number of nitro groups is 1. The van der Waals surface area contributed by atoms with E-state index in [1.165, 1.54) is 6.07 Å². The number of hydrogen-bond donors (Lipinski definition) is 2. The van der Waals surface area contributed by atoms with Crippen LogP contribution in [0.2, 0.25) is 0 Å². The second-order valence-corrected chi connectivity index (χ2v) is 7.00. The topological polar surface area (TPSA) is 115 Å². The number of nitrogens with zero attached hydrogens (tertiary/aromatic N) is 1. The van der Waals surface area contributed by atoms with E-state index in [-0.39, 0.29) is 22.5 Å². The van der Waals surface area contributed by atoms with E-state index >= 15 is 0 Å². The van der Waals surface area contributed by atoms with Gasteiger partial charge in [-0.1, -0.05) is 20.8 Å². The predicted molar refractivity (Wildman–Crippen MR) is 81.5 cm³/mol. The fraction of sp³-hybridized carbons (Fsp3) is 0.538. The Hall–Kier alpha value is -1.67. The van der Waals surface area contributed by atoms with Crippen molar-refractivity contribution in [3.8, 4) is 0 Å². The highest BCUT2D eigenvalue weighted by molar-refractivity contribution is 7.89. The summed E-state index contributed by atoms with van der Waals surface area (Å²) in [6.45, 7) is 7.26. The molecule has 7 nitrogen and oxygen atoms in total. The monoisotopic (exact) mass is 315 g/mol. The third-order valence-electron chi connectivity index (χ3n) is 3.36. The molecule has 1 aromatic rings. The maximum absolute atomic E-state index is 12.4. The highest BCUT2D eigenvalue weighted by atomic mass is 32.2. The first-order valence-electron chi connectivity index (χ1n) is 6.67. The first kappa shape index (κ1) is 17.4. The van der Waals surface area contributed by atoms with Crippen LogP contribution >= 0.6 is 0 Å². The van der Waals surface area contributed by atoms with Crippen LogP contribution in [0.3, 0.4) is 0 Å². The van der Waals surface area contributed by atoms with Gasteiger partial charge in [-0.3, -0.25) is 10.1 Å². The quantitative estimate of drug-likeness (QED) is 0.474. The molecule has 1 rings (SSSR count). The normalized spacial score (nSPS) is 13.4. The molecule has 118 valence electrons. The van der Waals surface area contributed by atoms with Crippen LogP contribution in [0, 0.1) is 23.0 Å². The van der Waals surface area contributed by atoms with Crippen molar-refractivity contribution in [2.75, 3.05) is 5.73 Å². The van der Waals surface area contributed by atoms with Gasteiger partial charge in [-0.05, 0) is 30.9 Å². The maximum Gasteiger partial charge on any atom is 0.293 e. The minimum absolute atomic E-state index is 0.0487. The Morgan fingerprint density at radius 3 is 2.38 bits per heavy atom. The number of nitrogens with two attached hydrogens (primary N) is 1. The average Bonchev–Trinajstić information content (AvgIpc) is 2.34. The number of aryl methyl sites for hydroxylation is 1. The van der Waals surface area contributed by atoms with Gasteiger partial charge < -0.3 is 5.73 Å². The summed E-state index contributed by atoms with van der Waals surface area (Å²) in [6.07, 6.45) is 0.632. The zero-order valence-corrected chi connectivity index (χ0v) is 13.4. The van der Waals surface area contributed by atoms with Crippen molar-refractivity contribution in [3.63, 3.8) is 0 Å². The van der Waals surface area contributed by atoms with Gasteiger partial charge in [0.1, 0.15) is 5.69 Å². The van der Waals surface area contributed by atoms with Gasteiger partial charge in [0, 0.05) is 12.1 Å². The fourth-order valence-corrected chi connectivity index (χ4v) is 3.81. The van der Waals surface area contributed by atoms with E-state index in [9.17, 15) is 18.5 Å². The number of anilines is 1. The molecule has 3 N–H and O–H groups in total. The lowest BCUT2D eigenvalue weighted by molar-refractivity contribution is -0.384. The van der Waals surface area contributed by atoms with Crippen molar-refractivity contribution in [2.24, 2.45) is 5.92 Å². The summed E-state index contributed by atoms with van der Waals surface area (Å²) in [6, 6.07) is 2.09. The summed E-state index contributed by atoms with van der Waals surface area (Å²) in [5, 5.41) is 10.9. The van der Waals surface area contributed by atoms with Crippen LogP contribution in [-0.4, -0.2) is 19.4 Å². The van der Waals surface area contributed by atoms with Crippen molar-refractivity contribution in [1.82, 2.24) is 4.72 Å². The summed E-state index contributed by atoms with van der Waals surface area (Å²) in [4.78, 5) is 10.1. The Kier molecular flexibility index (Phi) is 5.30. The Morgan fingerprint density at radius 1 is 1.38 bits per heavy atom. The van der Waals surface area contributed by atoms with Crippen LogP contribution in [0.5, 0.6) is 0 Å². The number of sulfonamides is 1. The van der Waals surface area contributed by atoms with Crippen LogP contribution in [0.4, 0.5) is 11.4 Å². The van der Waals surface area contributed by atoms with E-state index in [4.69, 9.17) is 5.73 Å². The van der Waals surface area contributed by atoms with Gasteiger partial charge >= 0.3 is 0 Å². The van der Waals surface area contributed by atoms with Gasteiger partial charge in [0.25, 0.3) is 5.69 Å². The lowest BCUT2D eigenvalue weighted by atomic mass is 10.0. The van der Waals surface area contributed by atoms with Crippen molar-refractivity contribution >= 4 is 21.4 Å². The van der Waals surface area contributed by atoms with Gasteiger partial charge in [-0.15, -0.1) is 0 Å². The minimum atomic E-state index is -3.83. The maximum atomic E-state index is 12.4. The molecule has 0 bridgehead atoms.